The van der Waals surface area contributed by atoms with E-state index in [1.807, 2.05) is 56.3 Å². The van der Waals surface area contributed by atoms with Crippen LogP contribution in [-0.2, 0) is 11.2 Å². The van der Waals surface area contributed by atoms with E-state index < -0.39 is 0 Å². The smallest absolute Gasteiger partial charge is 0.289 e. The third-order valence-corrected chi connectivity index (χ3v) is 5.54. The SMILES string of the molecule is Cc1ccc(C2=C(O)C(=O)N(CCc3ccccc3)C2c2ccc(C)cc2)cc1. The van der Waals surface area contributed by atoms with Gasteiger partial charge in [-0.1, -0.05) is 90.0 Å². The van der Waals surface area contributed by atoms with E-state index in [9.17, 15) is 9.90 Å². The molecule has 0 fully saturated rings. The quantitative estimate of drug-likeness (QED) is 0.641. The highest BCUT2D eigenvalue weighted by atomic mass is 16.3. The first kappa shape index (κ1) is 19.0. The van der Waals surface area contributed by atoms with Crippen molar-refractivity contribution in [2.45, 2.75) is 26.3 Å². The largest absolute Gasteiger partial charge is 0.503 e. The third kappa shape index (κ3) is 3.81. The number of hydrogen-bond acceptors (Lipinski definition) is 2. The van der Waals surface area contributed by atoms with Crippen molar-refractivity contribution in [3.8, 4) is 0 Å². The van der Waals surface area contributed by atoms with Gasteiger partial charge < -0.3 is 10.0 Å². The van der Waals surface area contributed by atoms with E-state index in [-0.39, 0.29) is 17.7 Å². The molecule has 1 heterocycles. The summed E-state index contributed by atoms with van der Waals surface area (Å²) in [6.07, 6.45) is 0.739. The van der Waals surface area contributed by atoms with Crippen LogP contribution in [0.15, 0.2) is 84.6 Å². The normalized spacial score (nSPS) is 16.6. The number of aliphatic hydroxyl groups is 1. The standard InChI is InChI=1S/C26H25NO2/c1-18-8-12-21(13-9-18)23-24(22-14-10-19(2)11-15-22)27(26(29)25(23)28)17-16-20-6-4-3-5-7-20/h3-15,24,28H,16-17H2,1-2H3. The predicted molar refractivity (Wildman–Crippen MR) is 117 cm³/mol. The van der Waals surface area contributed by atoms with Crippen LogP contribution in [0, 0.1) is 13.8 Å². The molecular formula is C26H25NO2. The summed E-state index contributed by atoms with van der Waals surface area (Å²) < 4.78 is 0. The molecule has 1 aliphatic rings. The Kier molecular flexibility index (Phi) is 5.22. The Labute approximate surface area is 171 Å². The Morgan fingerprint density at radius 2 is 1.41 bits per heavy atom. The molecule has 0 aliphatic carbocycles. The number of carbonyl (C=O) groups is 1. The lowest BCUT2D eigenvalue weighted by molar-refractivity contribution is -0.129. The number of rotatable bonds is 5. The van der Waals surface area contributed by atoms with Crippen LogP contribution in [0.5, 0.6) is 0 Å². The fourth-order valence-corrected chi connectivity index (χ4v) is 3.90. The first-order valence-corrected chi connectivity index (χ1v) is 9.96. The molecule has 0 saturated carbocycles. The number of amides is 1. The average Bonchev–Trinajstić information content (AvgIpc) is 2.99. The second kappa shape index (κ2) is 7.96. The molecule has 3 aromatic carbocycles. The van der Waals surface area contributed by atoms with Gasteiger partial charge in [0, 0.05) is 12.1 Å². The summed E-state index contributed by atoms with van der Waals surface area (Å²) in [6, 6.07) is 26.0. The fraction of sp³-hybridized carbons (Fsp3) is 0.192. The minimum absolute atomic E-state index is 0.146. The highest BCUT2D eigenvalue weighted by Gasteiger charge is 2.40. The molecule has 0 spiro atoms. The molecule has 3 aromatic rings. The topological polar surface area (TPSA) is 40.5 Å². The zero-order valence-electron chi connectivity index (χ0n) is 16.8. The van der Waals surface area contributed by atoms with Gasteiger partial charge in [0.15, 0.2) is 5.76 Å². The third-order valence-electron chi connectivity index (χ3n) is 5.54. The van der Waals surface area contributed by atoms with Crippen molar-refractivity contribution in [2.24, 2.45) is 0 Å². The van der Waals surface area contributed by atoms with Crippen molar-refractivity contribution in [3.05, 3.63) is 112 Å². The van der Waals surface area contributed by atoms with Gasteiger partial charge in [-0.05, 0) is 37.0 Å². The maximum absolute atomic E-state index is 13.0. The lowest BCUT2D eigenvalue weighted by Gasteiger charge is -2.27. The number of aliphatic hydroxyl groups excluding tert-OH is 1. The minimum atomic E-state index is -0.304. The predicted octanol–water partition coefficient (Wildman–Crippen LogP) is 5.40. The Morgan fingerprint density at radius 3 is 2.03 bits per heavy atom. The van der Waals surface area contributed by atoms with Crippen LogP contribution in [0.4, 0.5) is 0 Å². The van der Waals surface area contributed by atoms with Crippen molar-refractivity contribution in [1.29, 1.82) is 0 Å². The summed E-state index contributed by atoms with van der Waals surface area (Å²) in [7, 11) is 0. The summed E-state index contributed by atoms with van der Waals surface area (Å²) in [4.78, 5) is 14.8. The second-order valence-electron chi connectivity index (χ2n) is 7.68. The van der Waals surface area contributed by atoms with Crippen LogP contribution in [0.3, 0.4) is 0 Å². The van der Waals surface area contributed by atoms with Gasteiger partial charge in [0.2, 0.25) is 0 Å². The van der Waals surface area contributed by atoms with E-state index in [4.69, 9.17) is 0 Å². The van der Waals surface area contributed by atoms with Crippen LogP contribution in [0.1, 0.15) is 33.9 Å². The van der Waals surface area contributed by atoms with E-state index in [1.165, 1.54) is 11.1 Å². The molecule has 1 aliphatic heterocycles. The Hall–Kier alpha value is -3.33. The van der Waals surface area contributed by atoms with Crippen LogP contribution in [-0.4, -0.2) is 22.5 Å². The van der Waals surface area contributed by atoms with E-state index >= 15 is 0 Å². The molecule has 0 radical (unpaired) electrons. The summed E-state index contributed by atoms with van der Waals surface area (Å²) in [6.45, 7) is 4.62. The van der Waals surface area contributed by atoms with Gasteiger partial charge in [0.1, 0.15) is 0 Å². The molecule has 1 unspecified atom stereocenters. The van der Waals surface area contributed by atoms with Crippen molar-refractivity contribution < 1.29 is 9.90 Å². The maximum Gasteiger partial charge on any atom is 0.289 e. The van der Waals surface area contributed by atoms with Gasteiger partial charge in [0.05, 0.1) is 6.04 Å². The van der Waals surface area contributed by atoms with Crippen molar-refractivity contribution in [3.63, 3.8) is 0 Å². The van der Waals surface area contributed by atoms with Crippen molar-refractivity contribution in [1.82, 2.24) is 4.90 Å². The molecule has 1 amide bonds. The zero-order chi connectivity index (χ0) is 20.4. The van der Waals surface area contributed by atoms with Gasteiger partial charge in [-0.25, -0.2) is 0 Å². The van der Waals surface area contributed by atoms with Gasteiger partial charge in [-0.2, -0.15) is 0 Å². The highest BCUT2D eigenvalue weighted by molar-refractivity contribution is 6.05. The molecule has 29 heavy (non-hydrogen) atoms. The van der Waals surface area contributed by atoms with Gasteiger partial charge >= 0.3 is 0 Å². The summed E-state index contributed by atoms with van der Waals surface area (Å²) in [5, 5.41) is 10.8. The highest BCUT2D eigenvalue weighted by Crippen LogP contribution is 2.43. The summed E-state index contributed by atoms with van der Waals surface area (Å²) in [5.74, 6) is -0.449. The number of benzene rings is 3. The molecule has 1 atom stereocenters. The Balaban J connectivity index is 1.73. The van der Waals surface area contributed by atoms with Gasteiger partial charge in [-0.3, -0.25) is 4.79 Å². The monoisotopic (exact) mass is 383 g/mol. The lowest BCUT2D eigenvalue weighted by Crippen LogP contribution is -2.32. The maximum atomic E-state index is 13.0. The van der Waals surface area contributed by atoms with E-state index in [1.54, 1.807) is 4.90 Å². The van der Waals surface area contributed by atoms with Crippen molar-refractivity contribution >= 4 is 11.5 Å². The number of nitrogens with zero attached hydrogens (tertiary/aromatic N) is 1. The Bertz CT molecular complexity index is 1030. The summed E-state index contributed by atoms with van der Waals surface area (Å²) >= 11 is 0. The molecule has 0 saturated heterocycles. The Morgan fingerprint density at radius 1 is 0.828 bits per heavy atom. The van der Waals surface area contributed by atoms with Crippen molar-refractivity contribution in [2.75, 3.05) is 6.54 Å². The first-order valence-electron chi connectivity index (χ1n) is 9.96. The van der Waals surface area contributed by atoms with Crippen LogP contribution in [0.2, 0.25) is 0 Å². The van der Waals surface area contributed by atoms with Gasteiger partial charge in [0.25, 0.3) is 5.91 Å². The zero-order valence-corrected chi connectivity index (χ0v) is 16.8. The van der Waals surface area contributed by atoms with E-state index in [0.29, 0.717) is 12.1 Å². The number of aryl methyl sites for hydroxylation is 2. The molecule has 4 rings (SSSR count). The number of carbonyl (C=O) groups excluding carboxylic acids is 1. The molecule has 0 aromatic heterocycles. The molecule has 1 N–H and O–H groups in total. The van der Waals surface area contributed by atoms with Gasteiger partial charge in [-0.15, -0.1) is 0 Å². The first-order chi connectivity index (χ1) is 14.0. The molecular weight excluding hydrogens is 358 g/mol. The molecule has 3 heteroatoms. The minimum Gasteiger partial charge on any atom is -0.503 e. The van der Waals surface area contributed by atoms with E-state index in [0.717, 1.165) is 23.1 Å². The average molecular weight is 383 g/mol. The van der Waals surface area contributed by atoms with E-state index in [2.05, 4.69) is 36.4 Å². The molecule has 146 valence electrons. The van der Waals surface area contributed by atoms with Crippen LogP contribution in [0.25, 0.3) is 5.57 Å². The lowest BCUT2D eigenvalue weighted by atomic mass is 9.92. The molecule has 0 bridgehead atoms. The number of hydrogen-bond donors (Lipinski definition) is 1. The fourth-order valence-electron chi connectivity index (χ4n) is 3.90. The second-order valence-corrected chi connectivity index (χ2v) is 7.68. The van der Waals surface area contributed by atoms with Crippen LogP contribution >= 0.6 is 0 Å². The van der Waals surface area contributed by atoms with Crippen LogP contribution < -0.4 is 0 Å². The summed E-state index contributed by atoms with van der Waals surface area (Å²) in [5.41, 5.74) is 6.06. The molecule has 3 nitrogen and oxygen atoms in total.